The van der Waals surface area contributed by atoms with Gasteiger partial charge in [0.05, 0.1) is 5.92 Å². The van der Waals surface area contributed by atoms with Crippen LogP contribution in [-0.2, 0) is 4.79 Å². The summed E-state index contributed by atoms with van der Waals surface area (Å²) in [6, 6.07) is 8.66. The maximum Gasteiger partial charge on any atom is 0.308 e. The Morgan fingerprint density at radius 3 is 2.45 bits per heavy atom. The molecule has 0 aliphatic carbocycles. The van der Waals surface area contributed by atoms with Gasteiger partial charge in [-0.25, -0.2) is 4.98 Å². The molecule has 116 valence electrons. The summed E-state index contributed by atoms with van der Waals surface area (Å²) < 4.78 is 5.52. The molecular weight excluding hydrogens is 284 g/mol. The number of carbonyl (C=O) groups is 2. The molecule has 0 saturated carbocycles. The Morgan fingerprint density at radius 2 is 1.86 bits per heavy atom. The van der Waals surface area contributed by atoms with Crippen molar-refractivity contribution in [3.05, 3.63) is 41.9 Å². The number of aromatic nitrogens is 1. The van der Waals surface area contributed by atoms with Crippen LogP contribution < -0.4 is 5.32 Å². The Morgan fingerprint density at radius 1 is 1.23 bits per heavy atom. The van der Waals surface area contributed by atoms with E-state index >= 15 is 0 Å². The van der Waals surface area contributed by atoms with Crippen molar-refractivity contribution in [3.63, 3.8) is 0 Å². The predicted molar refractivity (Wildman–Crippen MR) is 80.4 cm³/mol. The highest BCUT2D eigenvalue weighted by molar-refractivity contribution is 5.98. The van der Waals surface area contributed by atoms with E-state index in [0.29, 0.717) is 11.7 Å². The van der Waals surface area contributed by atoms with Crippen LogP contribution in [-0.4, -0.2) is 28.0 Å². The molecule has 0 fully saturated rings. The lowest BCUT2D eigenvalue weighted by Gasteiger charge is -2.17. The molecule has 1 heterocycles. The fraction of sp³-hybridized carbons (Fsp3) is 0.312. The molecule has 1 amide bonds. The first-order valence-electron chi connectivity index (χ1n) is 6.96. The monoisotopic (exact) mass is 302 g/mol. The number of aliphatic carboxylic acids is 1. The third-order valence-electron chi connectivity index (χ3n) is 3.48. The molecule has 2 N–H and O–H groups in total. The van der Waals surface area contributed by atoms with Crippen LogP contribution in [0.3, 0.4) is 0 Å². The zero-order chi connectivity index (χ0) is 16.3. The lowest BCUT2D eigenvalue weighted by atomic mass is 10.0. The van der Waals surface area contributed by atoms with Gasteiger partial charge in [0.25, 0.3) is 5.91 Å². The molecule has 2 aromatic rings. The average Bonchev–Trinajstić information content (AvgIpc) is 2.89. The molecule has 0 aliphatic heterocycles. The van der Waals surface area contributed by atoms with Gasteiger partial charge in [-0.05, 0) is 13.8 Å². The highest BCUT2D eigenvalue weighted by Gasteiger charge is 2.25. The van der Waals surface area contributed by atoms with Crippen LogP contribution in [0.5, 0.6) is 0 Å². The molecule has 22 heavy (non-hydrogen) atoms. The van der Waals surface area contributed by atoms with E-state index in [1.807, 2.05) is 30.3 Å². The maximum atomic E-state index is 12.4. The summed E-state index contributed by atoms with van der Waals surface area (Å²) in [6.07, 6.45) is 0. The van der Waals surface area contributed by atoms with Gasteiger partial charge < -0.3 is 14.8 Å². The Kier molecular flexibility index (Phi) is 4.60. The molecule has 6 heteroatoms. The number of carboxylic acid groups (broad SMARTS) is 1. The Hall–Kier alpha value is -2.63. The van der Waals surface area contributed by atoms with E-state index in [9.17, 15) is 9.59 Å². The van der Waals surface area contributed by atoms with Crippen molar-refractivity contribution >= 4 is 11.9 Å². The summed E-state index contributed by atoms with van der Waals surface area (Å²) in [5.41, 5.74) is 0.903. The zero-order valence-corrected chi connectivity index (χ0v) is 12.7. The van der Waals surface area contributed by atoms with Crippen molar-refractivity contribution in [1.29, 1.82) is 0 Å². The molecule has 2 unspecified atom stereocenters. The van der Waals surface area contributed by atoms with Crippen LogP contribution >= 0.6 is 0 Å². The minimum atomic E-state index is -0.965. The molecule has 0 saturated heterocycles. The lowest BCUT2D eigenvalue weighted by Crippen LogP contribution is -2.40. The van der Waals surface area contributed by atoms with E-state index in [0.717, 1.165) is 5.56 Å². The van der Waals surface area contributed by atoms with Crippen molar-refractivity contribution < 1.29 is 19.1 Å². The van der Waals surface area contributed by atoms with E-state index in [-0.39, 0.29) is 5.69 Å². The van der Waals surface area contributed by atoms with Gasteiger partial charge in [0.2, 0.25) is 0 Å². The third kappa shape index (κ3) is 3.33. The van der Waals surface area contributed by atoms with Crippen LogP contribution in [0, 0.1) is 12.8 Å². The standard InChI is InChI=1S/C16H18N2O4/c1-9(16(20)21)10(2)17-15(19)13-14(22-11(3)18-13)12-7-5-4-6-8-12/h4-10H,1-3H3,(H,17,19)(H,20,21). The molecule has 0 radical (unpaired) electrons. The van der Waals surface area contributed by atoms with Gasteiger partial charge >= 0.3 is 5.97 Å². The summed E-state index contributed by atoms with van der Waals surface area (Å²) in [7, 11) is 0. The number of rotatable bonds is 5. The number of oxazole rings is 1. The number of benzene rings is 1. The summed E-state index contributed by atoms with van der Waals surface area (Å²) >= 11 is 0. The van der Waals surface area contributed by atoms with Gasteiger partial charge in [0.15, 0.2) is 17.3 Å². The first kappa shape index (κ1) is 15.8. The second-order valence-electron chi connectivity index (χ2n) is 5.17. The topological polar surface area (TPSA) is 92.4 Å². The number of carboxylic acids is 1. The SMILES string of the molecule is Cc1nc(C(=O)NC(C)C(C)C(=O)O)c(-c2ccccc2)o1. The summed E-state index contributed by atoms with van der Waals surface area (Å²) in [6.45, 7) is 4.85. The number of hydrogen-bond acceptors (Lipinski definition) is 4. The predicted octanol–water partition coefficient (Wildman–Crippen LogP) is 2.49. The number of carbonyl (C=O) groups excluding carboxylic acids is 1. The molecule has 0 spiro atoms. The number of nitrogens with zero attached hydrogens (tertiary/aromatic N) is 1. The quantitative estimate of drug-likeness (QED) is 0.885. The molecule has 6 nitrogen and oxygen atoms in total. The normalized spacial score (nSPS) is 13.4. The molecule has 0 bridgehead atoms. The smallest absolute Gasteiger partial charge is 0.308 e. The fourth-order valence-electron chi connectivity index (χ4n) is 1.98. The molecule has 2 atom stereocenters. The Balaban J connectivity index is 2.26. The third-order valence-corrected chi connectivity index (χ3v) is 3.48. The zero-order valence-electron chi connectivity index (χ0n) is 12.7. The van der Waals surface area contributed by atoms with Crippen molar-refractivity contribution in [2.24, 2.45) is 5.92 Å². The van der Waals surface area contributed by atoms with Gasteiger partial charge in [-0.1, -0.05) is 30.3 Å². The van der Waals surface area contributed by atoms with E-state index in [4.69, 9.17) is 9.52 Å². The van der Waals surface area contributed by atoms with E-state index in [1.54, 1.807) is 20.8 Å². The molecule has 2 rings (SSSR count). The average molecular weight is 302 g/mol. The highest BCUT2D eigenvalue weighted by atomic mass is 16.4. The van der Waals surface area contributed by atoms with Gasteiger partial charge in [-0.15, -0.1) is 0 Å². The van der Waals surface area contributed by atoms with E-state index in [2.05, 4.69) is 10.3 Å². The van der Waals surface area contributed by atoms with Gasteiger partial charge in [0.1, 0.15) is 0 Å². The van der Waals surface area contributed by atoms with Crippen LogP contribution in [0.25, 0.3) is 11.3 Å². The number of amides is 1. The van der Waals surface area contributed by atoms with Crippen molar-refractivity contribution in [2.45, 2.75) is 26.8 Å². The lowest BCUT2D eigenvalue weighted by molar-refractivity contribution is -0.141. The second-order valence-corrected chi connectivity index (χ2v) is 5.17. The summed E-state index contributed by atoms with van der Waals surface area (Å²) in [5, 5.41) is 11.6. The van der Waals surface area contributed by atoms with Gasteiger partial charge in [-0.2, -0.15) is 0 Å². The molecule has 1 aromatic carbocycles. The fourth-order valence-corrected chi connectivity index (χ4v) is 1.98. The van der Waals surface area contributed by atoms with Crippen molar-refractivity contribution in [3.8, 4) is 11.3 Å². The van der Waals surface area contributed by atoms with Crippen LogP contribution in [0.4, 0.5) is 0 Å². The molecular formula is C16H18N2O4. The Bertz CT molecular complexity index is 679. The minimum Gasteiger partial charge on any atom is -0.481 e. The van der Waals surface area contributed by atoms with Crippen LogP contribution in [0.2, 0.25) is 0 Å². The molecule has 1 aromatic heterocycles. The van der Waals surface area contributed by atoms with Crippen molar-refractivity contribution in [1.82, 2.24) is 10.3 Å². The van der Waals surface area contributed by atoms with Gasteiger partial charge in [0, 0.05) is 18.5 Å². The van der Waals surface area contributed by atoms with Crippen LogP contribution in [0.15, 0.2) is 34.7 Å². The minimum absolute atomic E-state index is 0.160. The van der Waals surface area contributed by atoms with E-state index in [1.165, 1.54) is 0 Å². The summed E-state index contributed by atoms with van der Waals surface area (Å²) in [5.74, 6) is -1.35. The largest absolute Gasteiger partial charge is 0.481 e. The van der Waals surface area contributed by atoms with Crippen molar-refractivity contribution in [2.75, 3.05) is 0 Å². The first-order valence-corrected chi connectivity index (χ1v) is 6.96. The second kappa shape index (κ2) is 6.43. The molecule has 0 aliphatic rings. The first-order chi connectivity index (χ1) is 10.4. The number of nitrogens with one attached hydrogen (secondary N) is 1. The van der Waals surface area contributed by atoms with Crippen LogP contribution in [0.1, 0.15) is 30.2 Å². The van der Waals surface area contributed by atoms with Gasteiger partial charge in [-0.3, -0.25) is 9.59 Å². The highest BCUT2D eigenvalue weighted by Crippen LogP contribution is 2.24. The number of aryl methyl sites for hydroxylation is 1. The van der Waals surface area contributed by atoms with E-state index < -0.39 is 23.8 Å². The number of hydrogen-bond donors (Lipinski definition) is 2. The Labute approximate surface area is 128 Å². The maximum absolute atomic E-state index is 12.4. The summed E-state index contributed by atoms with van der Waals surface area (Å²) in [4.78, 5) is 27.4.